The first kappa shape index (κ1) is 35.6. The molecule has 17 heteroatoms. The zero-order valence-corrected chi connectivity index (χ0v) is 23.1. The Balaban J connectivity index is 0.000000340. The Kier molecular flexibility index (Phi) is 13.7. The summed E-state index contributed by atoms with van der Waals surface area (Å²) in [5.41, 5.74) is -3.28. The Morgan fingerprint density at radius 3 is 1.92 bits per heavy atom. The molecule has 1 aliphatic heterocycles. The van der Waals surface area contributed by atoms with Crippen LogP contribution in [0.1, 0.15) is 41.2 Å². The Labute approximate surface area is 238 Å². The van der Waals surface area contributed by atoms with Crippen LogP contribution < -0.4 is 0 Å². The van der Waals surface area contributed by atoms with E-state index < -0.39 is 52.9 Å². The van der Waals surface area contributed by atoms with Gasteiger partial charge in [0.1, 0.15) is 10.3 Å². The van der Waals surface area contributed by atoms with E-state index in [-0.39, 0.29) is 41.1 Å². The molecule has 1 fully saturated rings. The highest BCUT2D eigenvalue weighted by molar-refractivity contribution is 6.31. The second-order valence-electron chi connectivity index (χ2n) is 7.77. The molecule has 0 bridgehead atoms. The predicted molar refractivity (Wildman–Crippen MR) is 131 cm³/mol. The van der Waals surface area contributed by atoms with Crippen molar-refractivity contribution in [3.05, 3.63) is 57.1 Å². The van der Waals surface area contributed by atoms with Gasteiger partial charge < -0.3 is 19.7 Å². The van der Waals surface area contributed by atoms with Crippen molar-refractivity contribution in [2.75, 3.05) is 25.0 Å². The van der Waals surface area contributed by atoms with E-state index in [9.17, 15) is 31.1 Å². The Morgan fingerprint density at radius 1 is 1.05 bits per heavy atom. The summed E-state index contributed by atoms with van der Waals surface area (Å²) in [6, 6.07) is 4.49. The highest BCUT2D eigenvalue weighted by Crippen LogP contribution is 2.42. The molecule has 0 saturated carbocycles. The van der Waals surface area contributed by atoms with Crippen LogP contribution in [0.2, 0.25) is 10.3 Å². The van der Waals surface area contributed by atoms with Gasteiger partial charge in [-0.3, -0.25) is 4.79 Å². The minimum Gasteiger partial charge on any atom is -0.394 e. The van der Waals surface area contributed by atoms with Crippen molar-refractivity contribution in [2.45, 2.75) is 44.2 Å². The van der Waals surface area contributed by atoms with Crippen molar-refractivity contribution in [1.82, 2.24) is 9.97 Å². The van der Waals surface area contributed by atoms with Crippen molar-refractivity contribution in [3.8, 4) is 0 Å². The SMILES string of the molecule is CC(O)CO.CC1COC(CCl)(c2ccc(Cl)nc2C(F)(F)F)O1.O=C(CCl)c1ccc(Cl)nc1C(F)(F)F. The Morgan fingerprint density at radius 2 is 1.54 bits per heavy atom. The van der Waals surface area contributed by atoms with Gasteiger partial charge >= 0.3 is 12.4 Å². The van der Waals surface area contributed by atoms with Crippen LogP contribution in [-0.2, 0) is 27.6 Å². The number of carbonyl (C=O) groups excluding carboxylic acids is 1. The summed E-state index contributed by atoms with van der Waals surface area (Å²) < 4.78 is 87.0. The van der Waals surface area contributed by atoms with Gasteiger partial charge in [-0.15, -0.1) is 23.2 Å². The molecular formula is C22H22Cl4F6N2O5. The van der Waals surface area contributed by atoms with Gasteiger partial charge in [0.2, 0.25) is 5.79 Å². The number of Topliss-reactive ketones (excluding diaryl/α,β-unsaturated/α-hetero) is 1. The highest BCUT2D eigenvalue weighted by atomic mass is 35.5. The first-order valence-electron chi connectivity index (χ1n) is 10.7. The third-order valence-corrected chi connectivity index (χ3v) is 5.49. The standard InChI is InChI=1S/C11H10Cl2F3NO2.C8H4Cl2F3NO.C3H8O2/c1-6-4-18-10(5-12,19-6)7-2-3-8(13)17-9(7)11(14,15)16;9-3-5(15)4-1-2-6(10)14-7(4)8(11,12)13;1-3(5)2-4/h2-3,6H,4-5H2,1H3;1-2H,3H2;3-5H,2H2,1H3. The number of hydrogen-bond donors (Lipinski definition) is 2. The quantitative estimate of drug-likeness (QED) is 0.174. The van der Waals surface area contributed by atoms with Crippen LogP contribution in [0.5, 0.6) is 0 Å². The van der Waals surface area contributed by atoms with E-state index in [4.69, 9.17) is 66.1 Å². The van der Waals surface area contributed by atoms with Gasteiger partial charge in [0.15, 0.2) is 17.2 Å². The first-order valence-corrected chi connectivity index (χ1v) is 12.5. The first-order chi connectivity index (χ1) is 17.9. The number of ketones is 1. The van der Waals surface area contributed by atoms with Crippen LogP contribution >= 0.6 is 46.4 Å². The maximum atomic E-state index is 13.0. The molecule has 220 valence electrons. The lowest BCUT2D eigenvalue weighted by molar-refractivity contribution is -0.173. The number of alkyl halides is 8. The monoisotopic (exact) mass is 648 g/mol. The molecule has 2 aromatic heterocycles. The van der Waals surface area contributed by atoms with Gasteiger partial charge in [-0.25, -0.2) is 9.97 Å². The molecule has 3 atom stereocenters. The van der Waals surface area contributed by atoms with Crippen molar-refractivity contribution in [2.24, 2.45) is 0 Å². The third-order valence-electron chi connectivity index (χ3n) is 4.47. The number of ether oxygens (including phenoxy) is 2. The number of pyridine rings is 2. The Hall–Kier alpha value is -1.45. The molecule has 7 nitrogen and oxygen atoms in total. The van der Waals surface area contributed by atoms with Gasteiger partial charge in [-0.05, 0) is 38.1 Å². The second-order valence-corrected chi connectivity index (χ2v) is 9.08. The minimum absolute atomic E-state index is 0.139. The molecule has 3 heterocycles. The van der Waals surface area contributed by atoms with Gasteiger partial charge in [0, 0.05) is 11.1 Å². The molecule has 0 radical (unpaired) electrons. The zero-order chi connectivity index (χ0) is 30.2. The summed E-state index contributed by atoms with van der Waals surface area (Å²) in [5, 5.41) is 15.4. The number of rotatable bonds is 5. The maximum Gasteiger partial charge on any atom is 0.434 e. The van der Waals surface area contributed by atoms with Gasteiger partial charge in [0.25, 0.3) is 0 Å². The van der Waals surface area contributed by atoms with Crippen LogP contribution in [0.4, 0.5) is 26.3 Å². The summed E-state index contributed by atoms with van der Waals surface area (Å²) >= 11 is 21.8. The molecule has 2 aromatic rings. The minimum atomic E-state index is -4.72. The molecule has 3 unspecified atom stereocenters. The van der Waals surface area contributed by atoms with Crippen LogP contribution in [0.15, 0.2) is 24.3 Å². The van der Waals surface area contributed by atoms with Crippen LogP contribution in [0.25, 0.3) is 0 Å². The van der Waals surface area contributed by atoms with Crippen LogP contribution in [-0.4, -0.2) is 63.1 Å². The summed E-state index contributed by atoms with van der Waals surface area (Å²) in [4.78, 5) is 17.5. The normalized spacial score (nSPS) is 19.9. The largest absolute Gasteiger partial charge is 0.434 e. The molecule has 1 saturated heterocycles. The van der Waals surface area contributed by atoms with E-state index >= 15 is 0 Å². The number of carbonyl (C=O) groups is 1. The summed E-state index contributed by atoms with van der Waals surface area (Å²) in [7, 11) is 0. The molecule has 0 aliphatic carbocycles. The van der Waals surface area contributed by atoms with E-state index in [0.717, 1.165) is 12.1 Å². The van der Waals surface area contributed by atoms with Gasteiger partial charge in [0.05, 0.1) is 37.2 Å². The highest BCUT2D eigenvalue weighted by Gasteiger charge is 2.48. The van der Waals surface area contributed by atoms with Crippen LogP contribution in [0.3, 0.4) is 0 Å². The molecule has 3 rings (SSSR count). The van der Waals surface area contributed by atoms with E-state index in [2.05, 4.69) is 9.97 Å². The van der Waals surface area contributed by atoms with Gasteiger partial charge in [-0.1, -0.05) is 23.2 Å². The lowest BCUT2D eigenvalue weighted by Gasteiger charge is -2.28. The van der Waals surface area contributed by atoms with Crippen molar-refractivity contribution >= 4 is 52.2 Å². The molecule has 2 N–H and O–H groups in total. The third kappa shape index (κ3) is 10.5. The van der Waals surface area contributed by atoms with Gasteiger partial charge in [-0.2, -0.15) is 26.3 Å². The molecule has 39 heavy (non-hydrogen) atoms. The number of hydrogen-bond acceptors (Lipinski definition) is 7. The number of nitrogens with zero attached hydrogens (tertiary/aromatic N) is 2. The number of aliphatic hydroxyl groups is 2. The van der Waals surface area contributed by atoms with E-state index in [0.29, 0.717) is 0 Å². The summed E-state index contributed by atoms with van der Waals surface area (Å²) in [6.45, 7) is 3.23. The lowest BCUT2D eigenvalue weighted by atomic mass is 10.0. The molecule has 0 aromatic carbocycles. The molecular weight excluding hydrogens is 628 g/mol. The van der Waals surface area contributed by atoms with Crippen molar-refractivity contribution in [1.29, 1.82) is 0 Å². The average Bonchev–Trinajstić information content (AvgIpc) is 3.25. The molecule has 1 aliphatic rings. The number of aromatic nitrogens is 2. The van der Waals surface area contributed by atoms with Crippen molar-refractivity contribution in [3.63, 3.8) is 0 Å². The van der Waals surface area contributed by atoms with E-state index in [1.54, 1.807) is 6.92 Å². The Bertz CT molecular complexity index is 1110. The van der Waals surface area contributed by atoms with Crippen LogP contribution in [0, 0.1) is 0 Å². The topological polar surface area (TPSA) is 102 Å². The lowest BCUT2D eigenvalue weighted by Crippen LogP contribution is -2.33. The summed E-state index contributed by atoms with van der Waals surface area (Å²) in [6.07, 6.45) is -10.3. The fraction of sp³-hybridized carbons (Fsp3) is 0.500. The van der Waals surface area contributed by atoms with E-state index in [1.165, 1.54) is 19.1 Å². The smallest absolute Gasteiger partial charge is 0.394 e. The second kappa shape index (κ2) is 15.0. The molecule has 0 amide bonds. The zero-order valence-electron chi connectivity index (χ0n) is 20.1. The predicted octanol–water partition coefficient (Wildman–Crippen LogP) is 6.12. The average molecular weight is 650 g/mol. The van der Waals surface area contributed by atoms with E-state index in [1.807, 2.05) is 0 Å². The fourth-order valence-electron chi connectivity index (χ4n) is 2.84. The van der Waals surface area contributed by atoms with Crippen molar-refractivity contribution < 1.29 is 50.8 Å². The number of aliphatic hydroxyl groups excluding tert-OH is 2. The summed E-state index contributed by atoms with van der Waals surface area (Å²) in [5.74, 6) is -3.28. The maximum absolute atomic E-state index is 13.0. The fourth-order valence-corrected chi connectivity index (χ4v) is 3.56. The molecule has 0 spiro atoms. The number of halogens is 10.